The van der Waals surface area contributed by atoms with Gasteiger partial charge in [-0.25, -0.2) is 17.2 Å². The number of carbonyl (C=O) groups excluding carboxylic acids is 1. The molecule has 1 N–H and O–H groups in total. The largest absolute Gasteiger partial charge is 0.364 e. The van der Waals surface area contributed by atoms with Gasteiger partial charge in [0.2, 0.25) is 0 Å². The molecule has 0 radical (unpaired) electrons. The van der Waals surface area contributed by atoms with Crippen LogP contribution in [0.4, 0.5) is 14.5 Å². The molecule has 2 atom stereocenters. The molecule has 1 aliphatic rings. The summed E-state index contributed by atoms with van der Waals surface area (Å²) in [6.45, 7) is 2.26. The lowest BCUT2D eigenvalue weighted by Gasteiger charge is -2.27. The fourth-order valence-corrected chi connectivity index (χ4v) is 4.13. The highest BCUT2D eigenvalue weighted by Crippen LogP contribution is 2.37. The first-order valence-electron chi connectivity index (χ1n) is 9.65. The molecule has 1 fully saturated rings. The van der Waals surface area contributed by atoms with E-state index in [-0.39, 0.29) is 17.4 Å². The molecule has 160 valence electrons. The molecule has 8 heteroatoms. The Kier molecular flexibility index (Phi) is 6.55. The van der Waals surface area contributed by atoms with Crippen molar-refractivity contribution in [1.82, 2.24) is 5.32 Å². The maximum Gasteiger partial charge on any atom is 0.254 e. The molecule has 0 aromatic heterocycles. The molecule has 1 amide bonds. The zero-order valence-corrected chi connectivity index (χ0v) is 17.6. The van der Waals surface area contributed by atoms with Gasteiger partial charge in [0, 0.05) is 35.5 Å². The van der Waals surface area contributed by atoms with Crippen molar-refractivity contribution in [2.24, 2.45) is 0 Å². The summed E-state index contributed by atoms with van der Waals surface area (Å²) >= 11 is 0. The average Bonchev–Trinajstić information content (AvgIpc) is 3.15. The van der Waals surface area contributed by atoms with Crippen molar-refractivity contribution in [2.45, 2.75) is 31.8 Å². The van der Waals surface area contributed by atoms with E-state index >= 15 is 0 Å². The predicted octanol–water partition coefficient (Wildman–Crippen LogP) is 3.98. The summed E-state index contributed by atoms with van der Waals surface area (Å²) in [6.07, 6.45) is 3.98. The first-order chi connectivity index (χ1) is 14.2. The van der Waals surface area contributed by atoms with Gasteiger partial charge in [-0.05, 0) is 44.0 Å². The number of hydrogen-bond acceptors (Lipinski definition) is 4. The van der Waals surface area contributed by atoms with Gasteiger partial charge in [-0.1, -0.05) is 24.3 Å². The second-order valence-electron chi connectivity index (χ2n) is 7.46. The monoisotopic (exact) mass is 434 g/mol. The standard InChI is InChI=1S/C22H24F2N2O3S/c1-15(11-13-30(2,28)29)25-22(27)18-10-9-16(14-20(18)24)26-12-5-8-21(26)17-6-3-4-7-19(17)23/h3-4,6-7,9-11,13-15,21H,5,8,12H2,1-2H3,(H,25,27)/b13-11+/t15-,21?/m1/s1. The van der Waals surface area contributed by atoms with Crippen LogP contribution in [-0.4, -0.2) is 33.2 Å². The number of rotatable bonds is 6. The maximum absolute atomic E-state index is 14.7. The van der Waals surface area contributed by atoms with Crippen molar-refractivity contribution in [3.05, 3.63) is 76.7 Å². The minimum absolute atomic E-state index is 0.139. The van der Waals surface area contributed by atoms with Crippen LogP contribution in [0, 0.1) is 11.6 Å². The molecule has 0 aliphatic carbocycles. The molecular formula is C22H24F2N2O3S. The van der Waals surface area contributed by atoms with Crippen molar-refractivity contribution < 1.29 is 22.0 Å². The molecule has 1 saturated heterocycles. The van der Waals surface area contributed by atoms with Crippen LogP contribution >= 0.6 is 0 Å². The van der Waals surface area contributed by atoms with Gasteiger partial charge >= 0.3 is 0 Å². The first-order valence-corrected chi connectivity index (χ1v) is 11.6. The van der Waals surface area contributed by atoms with Crippen LogP contribution in [0.1, 0.15) is 41.7 Å². The zero-order chi connectivity index (χ0) is 21.9. The molecule has 1 heterocycles. The second kappa shape index (κ2) is 8.95. The van der Waals surface area contributed by atoms with Crippen LogP contribution in [0.15, 0.2) is 53.9 Å². The Morgan fingerprint density at radius 1 is 1.20 bits per heavy atom. The second-order valence-corrected chi connectivity index (χ2v) is 9.39. The lowest BCUT2D eigenvalue weighted by Crippen LogP contribution is -2.32. The van der Waals surface area contributed by atoms with Crippen molar-refractivity contribution in [1.29, 1.82) is 0 Å². The molecule has 0 saturated carbocycles. The molecule has 2 aromatic carbocycles. The third-order valence-electron chi connectivity index (χ3n) is 5.02. The van der Waals surface area contributed by atoms with E-state index in [4.69, 9.17) is 0 Å². The van der Waals surface area contributed by atoms with E-state index in [1.807, 2.05) is 4.90 Å². The van der Waals surface area contributed by atoms with Gasteiger partial charge in [-0.2, -0.15) is 0 Å². The number of hydrogen-bond donors (Lipinski definition) is 1. The van der Waals surface area contributed by atoms with Gasteiger partial charge < -0.3 is 10.2 Å². The minimum Gasteiger partial charge on any atom is -0.364 e. The van der Waals surface area contributed by atoms with Crippen LogP contribution in [0.25, 0.3) is 0 Å². The van der Waals surface area contributed by atoms with E-state index in [1.54, 1.807) is 31.2 Å². The van der Waals surface area contributed by atoms with Crippen molar-refractivity contribution in [2.75, 3.05) is 17.7 Å². The SMILES string of the molecule is C[C@H](/C=C/S(C)(=O)=O)NC(=O)c1ccc(N2CCCC2c2ccccc2F)cc1F. The quantitative estimate of drug-likeness (QED) is 0.747. The Labute approximate surface area is 175 Å². The summed E-state index contributed by atoms with van der Waals surface area (Å²) in [5.41, 5.74) is 1.02. The molecule has 3 rings (SSSR count). The van der Waals surface area contributed by atoms with Crippen LogP contribution in [0.2, 0.25) is 0 Å². The predicted molar refractivity (Wildman–Crippen MR) is 113 cm³/mol. The third-order valence-corrected chi connectivity index (χ3v) is 5.67. The molecule has 1 aliphatic heterocycles. The molecule has 0 spiro atoms. The summed E-state index contributed by atoms with van der Waals surface area (Å²) < 4.78 is 51.3. The van der Waals surface area contributed by atoms with E-state index in [2.05, 4.69) is 5.32 Å². The normalized spacial score (nSPS) is 18.0. The number of halogens is 2. The lowest BCUT2D eigenvalue weighted by atomic mass is 10.0. The van der Waals surface area contributed by atoms with E-state index in [0.29, 0.717) is 17.8 Å². The van der Waals surface area contributed by atoms with E-state index in [1.165, 1.54) is 24.3 Å². The zero-order valence-electron chi connectivity index (χ0n) is 16.8. The highest BCUT2D eigenvalue weighted by atomic mass is 32.2. The van der Waals surface area contributed by atoms with Gasteiger partial charge in [0.1, 0.15) is 11.6 Å². The van der Waals surface area contributed by atoms with Gasteiger partial charge in [0.05, 0.1) is 11.6 Å². The Morgan fingerprint density at radius 2 is 1.93 bits per heavy atom. The highest BCUT2D eigenvalue weighted by molar-refractivity contribution is 7.93. The number of amides is 1. The molecule has 0 bridgehead atoms. The first kappa shape index (κ1) is 22.0. The van der Waals surface area contributed by atoms with E-state index in [9.17, 15) is 22.0 Å². The number of anilines is 1. The van der Waals surface area contributed by atoms with Crippen molar-refractivity contribution in [3.63, 3.8) is 0 Å². The molecule has 30 heavy (non-hydrogen) atoms. The fraction of sp³-hybridized carbons (Fsp3) is 0.318. The molecule has 1 unspecified atom stereocenters. The molecule has 5 nitrogen and oxygen atoms in total. The van der Waals surface area contributed by atoms with Gasteiger partial charge in [0.15, 0.2) is 9.84 Å². The summed E-state index contributed by atoms with van der Waals surface area (Å²) in [4.78, 5) is 14.3. The van der Waals surface area contributed by atoms with Crippen molar-refractivity contribution >= 4 is 21.4 Å². The number of nitrogens with zero attached hydrogens (tertiary/aromatic N) is 1. The van der Waals surface area contributed by atoms with Crippen molar-refractivity contribution in [3.8, 4) is 0 Å². The van der Waals surface area contributed by atoms with Crippen LogP contribution in [0.5, 0.6) is 0 Å². The smallest absolute Gasteiger partial charge is 0.254 e. The topological polar surface area (TPSA) is 66.5 Å². The van der Waals surface area contributed by atoms with Crippen LogP contribution in [-0.2, 0) is 9.84 Å². The summed E-state index contributed by atoms with van der Waals surface area (Å²) in [5, 5.41) is 3.54. The van der Waals surface area contributed by atoms with Gasteiger partial charge in [0.25, 0.3) is 5.91 Å². The van der Waals surface area contributed by atoms with Gasteiger partial charge in [-0.3, -0.25) is 4.79 Å². The Balaban J connectivity index is 1.77. The Morgan fingerprint density at radius 3 is 2.60 bits per heavy atom. The lowest BCUT2D eigenvalue weighted by molar-refractivity contribution is 0.0943. The number of sulfone groups is 1. The van der Waals surface area contributed by atoms with E-state index < -0.39 is 27.6 Å². The maximum atomic E-state index is 14.7. The molecular weight excluding hydrogens is 410 g/mol. The Hall–Kier alpha value is -2.74. The van der Waals surface area contributed by atoms with E-state index in [0.717, 1.165) is 24.5 Å². The minimum atomic E-state index is -3.31. The summed E-state index contributed by atoms with van der Waals surface area (Å²) in [7, 11) is -3.31. The number of carbonyl (C=O) groups is 1. The number of nitrogens with one attached hydrogen (secondary N) is 1. The third kappa shape index (κ3) is 5.24. The van der Waals surface area contributed by atoms with Gasteiger partial charge in [-0.15, -0.1) is 0 Å². The fourth-order valence-electron chi connectivity index (χ4n) is 3.60. The summed E-state index contributed by atoms with van der Waals surface area (Å²) in [5.74, 6) is -1.62. The van der Waals surface area contributed by atoms with Crippen LogP contribution in [0.3, 0.4) is 0 Å². The average molecular weight is 435 g/mol. The molecule has 2 aromatic rings. The van der Waals surface area contributed by atoms with Crippen LogP contribution < -0.4 is 10.2 Å². The highest BCUT2D eigenvalue weighted by Gasteiger charge is 2.29. The summed E-state index contributed by atoms with van der Waals surface area (Å²) in [6, 6.07) is 10.1. The number of benzene rings is 2. The Bertz CT molecular complexity index is 1070.